The van der Waals surface area contributed by atoms with Gasteiger partial charge in [-0.2, -0.15) is 0 Å². The van der Waals surface area contributed by atoms with Crippen LogP contribution in [0.2, 0.25) is 0 Å². The van der Waals surface area contributed by atoms with Gasteiger partial charge < -0.3 is 25.0 Å². The Labute approximate surface area is 356 Å². The van der Waals surface area contributed by atoms with Crippen molar-refractivity contribution in [2.75, 3.05) is 19.0 Å². The molecule has 320 valence electrons. The Morgan fingerprint density at radius 1 is 1.00 bits per heavy atom. The van der Waals surface area contributed by atoms with Crippen molar-refractivity contribution < 1.29 is 32.3 Å². The summed E-state index contributed by atoms with van der Waals surface area (Å²) in [7, 11) is -2.23. The minimum Gasteiger partial charge on any atom is -0.496 e. The molecule has 0 spiro atoms. The molecule has 3 amide bonds. The number of hydrogen-bond acceptors (Lipinski definition) is 11. The fourth-order valence-electron chi connectivity index (χ4n) is 8.94. The van der Waals surface area contributed by atoms with Crippen LogP contribution in [0.4, 0.5) is 5.69 Å². The highest BCUT2D eigenvalue weighted by Gasteiger charge is 2.63. The van der Waals surface area contributed by atoms with Crippen molar-refractivity contribution in [3.63, 3.8) is 0 Å². The molecule has 2 aromatic heterocycles. The molecule has 1 unspecified atom stereocenters. The third-order valence-corrected chi connectivity index (χ3v) is 15.4. The van der Waals surface area contributed by atoms with Crippen LogP contribution in [0, 0.1) is 18.8 Å². The van der Waals surface area contributed by atoms with Gasteiger partial charge in [0, 0.05) is 22.9 Å². The number of ether oxygens (including phenoxy) is 2. The van der Waals surface area contributed by atoms with Gasteiger partial charge in [0.2, 0.25) is 27.7 Å². The number of aryl methyl sites for hydroxylation is 1. The molecule has 8 rings (SSSR count). The molecular weight excluding hydrogens is 801 g/mol. The molecule has 0 bridgehead atoms. The second-order valence-electron chi connectivity index (χ2n) is 17.6. The van der Waals surface area contributed by atoms with Crippen LogP contribution < -0.4 is 24.8 Å². The zero-order valence-electron chi connectivity index (χ0n) is 35.0. The van der Waals surface area contributed by atoms with Crippen LogP contribution in [-0.2, 0) is 24.4 Å². The largest absolute Gasteiger partial charge is 0.496 e. The van der Waals surface area contributed by atoms with E-state index in [1.54, 1.807) is 12.0 Å². The standard InChI is InChI=1S/C45H56N6O7S2/c1-26(2)37-25-59-42(48-37)36-22-34-28(4)39(57-5)19-18-33(34)41(47-36)58-31-21-38-40(52)49-45(44(54)50-60(55,56)32-16-17-32)23-29(45)20-27(3)12-8-6-11-15-35(43(53)51(38)24-31)46-30-13-9-7-10-14-30/h7,9-10,13-14,18-19,22,25-27,29,31-32,35,38,46H,6,8,11-12,15-17,20-21,23-24H2,1-5H3,(H,49,52)(H,50,54)/t27?,29-,31-,35+,38+,45-/m1/s1. The Bertz CT molecular complexity index is 2370. The highest BCUT2D eigenvalue weighted by atomic mass is 32.2. The number of anilines is 1. The molecule has 60 heavy (non-hydrogen) atoms. The van der Waals surface area contributed by atoms with Crippen LogP contribution in [0.25, 0.3) is 21.5 Å². The van der Waals surface area contributed by atoms with Gasteiger partial charge in [0.1, 0.15) is 40.2 Å². The van der Waals surface area contributed by atoms with E-state index in [9.17, 15) is 22.8 Å². The zero-order valence-corrected chi connectivity index (χ0v) is 36.7. The molecule has 13 nitrogen and oxygen atoms in total. The number of fused-ring (bicyclic) bond motifs is 3. The van der Waals surface area contributed by atoms with Crippen molar-refractivity contribution in [1.29, 1.82) is 0 Å². The van der Waals surface area contributed by atoms with Crippen molar-refractivity contribution in [2.24, 2.45) is 11.8 Å². The highest BCUT2D eigenvalue weighted by molar-refractivity contribution is 7.91. The molecule has 2 saturated heterocycles. The van der Waals surface area contributed by atoms with Crippen LogP contribution in [0.1, 0.15) is 102 Å². The summed E-state index contributed by atoms with van der Waals surface area (Å²) in [6.45, 7) is 8.42. The second kappa shape index (κ2) is 16.9. The first-order valence-corrected chi connectivity index (χ1v) is 23.8. The molecule has 4 heterocycles. The van der Waals surface area contributed by atoms with Crippen LogP contribution in [0.15, 0.2) is 53.9 Å². The van der Waals surface area contributed by atoms with Gasteiger partial charge in [-0.05, 0) is 98.1 Å². The van der Waals surface area contributed by atoms with Gasteiger partial charge in [0.25, 0.3) is 5.91 Å². The van der Waals surface area contributed by atoms with Gasteiger partial charge in [-0.1, -0.05) is 64.7 Å². The van der Waals surface area contributed by atoms with Crippen molar-refractivity contribution in [3.8, 4) is 22.3 Å². The molecular formula is C45H56N6O7S2. The number of carbonyl (C=O) groups excluding carboxylic acids is 3. The molecule has 2 aliphatic carbocycles. The van der Waals surface area contributed by atoms with E-state index in [1.165, 1.54) is 11.3 Å². The third-order valence-electron chi connectivity index (χ3n) is 12.7. The fraction of sp³-hybridized carbons (Fsp3) is 0.533. The number of pyridine rings is 1. The van der Waals surface area contributed by atoms with Crippen molar-refractivity contribution >= 4 is 55.5 Å². The van der Waals surface area contributed by atoms with Crippen molar-refractivity contribution in [3.05, 3.63) is 65.2 Å². The van der Waals surface area contributed by atoms with E-state index in [-0.39, 0.29) is 36.6 Å². The molecule has 4 aliphatic rings. The van der Waals surface area contributed by atoms with Crippen molar-refractivity contribution in [2.45, 2.75) is 127 Å². The zero-order chi connectivity index (χ0) is 42.3. The predicted octanol–water partition coefficient (Wildman–Crippen LogP) is 7.10. The first-order chi connectivity index (χ1) is 28.8. The normalized spacial score (nSPS) is 26.4. The lowest BCUT2D eigenvalue weighted by atomic mass is 9.94. The maximum Gasteiger partial charge on any atom is 0.259 e. The van der Waals surface area contributed by atoms with E-state index >= 15 is 0 Å². The number of benzene rings is 2. The molecule has 15 heteroatoms. The number of nitrogens with zero attached hydrogens (tertiary/aromatic N) is 3. The first-order valence-electron chi connectivity index (χ1n) is 21.4. The van der Waals surface area contributed by atoms with E-state index in [4.69, 9.17) is 19.4 Å². The lowest BCUT2D eigenvalue weighted by Gasteiger charge is -2.30. The molecule has 3 N–H and O–H groups in total. The summed E-state index contributed by atoms with van der Waals surface area (Å²) < 4.78 is 40.9. The number of sulfonamides is 1. The Kier molecular flexibility index (Phi) is 11.9. The van der Waals surface area contributed by atoms with Gasteiger partial charge in [-0.25, -0.2) is 18.4 Å². The number of carbonyl (C=O) groups is 3. The molecule has 0 radical (unpaired) electrons. The number of rotatable bonds is 10. The monoisotopic (exact) mass is 856 g/mol. The number of nitrogens with one attached hydrogen (secondary N) is 3. The van der Waals surface area contributed by atoms with Gasteiger partial charge in [-0.15, -0.1) is 11.3 Å². The molecule has 2 saturated carbocycles. The Balaban J connectivity index is 1.15. The number of para-hydroxylation sites is 1. The number of methoxy groups -OCH3 is 1. The van der Waals surface area contributed by atoms with E-state index in [0.717, 1.165) is 58.4 Å². The molecule has 2 aliphatic heterocycles. The third kappa shape index (κ3) is 8.70. The van der Waals surface area contributed by atoms with Crippen LogP contribution >= 0.6 is 11.3 Å². The summed E-state index contributed by atoms with van der Waals surface area (Å²) in [5, 5.41) is 10.3. The number of thiazole rings is 1. The number of amides is 3. The van der Waals surface area contributed by atoms with E-state index in [2.05, 4.69) is 36.1 Å². The fourth-order valence-corrected chi connectivity index (χ4v) is 11.2. The summed E-state index contributed by atoms with van der Waals surface area (Å²) in [6.07, 6.45) is 5.67. The van der Waals surface area contributed by atoms with Crippen LogP contribution in [0.5, 0.6) is 11.6 Å². The maximum absolute atomic E-state index is 14.9. The Morgan fingerprint density at radius 3 is 2.48 bits per heavy atom. The van der Waals surface area contributed by atoms with E-state index in [1.807, 2.05) is 60.8 Å². The molecule has 4 fully saturated rings. The minimum atomic E-state index is -3.87. The molecule has 6 atom stereocenters. The van der Waals surface area contributed by atoms with Gasteiger partial charge in [0.05, 0.1) is 24.6 Å². The molecule has 2 aromatic carbocycles. The SMILES string of the molecule is COc1ccc2c(O[C@@H]3C[C@H]4C(=O)N[C@]5(C(=O)NS(=O)(=O)C6CC6)C[C@H]5CC(C)CCCCC[C@H](Nc5ccccc5)C(=O)N4C3)nc(-c3nc(C(C)C)cs3)cc2c1C. The maximum atomic E-state index is 14.9. The first kappa shape index (κ1) is 42.0. The second-order valence-corrected chi connectivity index (χ2v) is 20.4. The summed E-state index contributed by atoms with van der Waals surface area (Å²) in [4.78, 5) is 55.2. The Morgan fingerprint density at radius 2 is 1.77 bits per heavy atom. The van der Waals surface area contributed by atoms with Crippen LogP contribution in [0.3, 0.4) is 0 Å². The lowest BCUT2D eigenvalue weighted by molar-refractivity contribution is -0.140. The molecule has 4 aromatic rings. The van der Waals surface area contributed by atoms with E-state index in [0.29, 0.717) is 49.4 Å². The lowest BCUT2D eigenvalue weighted by Crippen LogP contribution is -2.57. The van der Waals surface area contributed by atoms with Crippen LogP contribution in [-0.4, -0.2) is 83.6 Å². The summed E-state index contributed by atoms with van der Waals surface area (Å²) in [5.41, 5.74) is 1.92. The average Bonchev–Trinajstić information content (AvgIpc) is 4.09. The smallest absolute Gasteiger partial charge is 0.259 e. The van der Waals surface area contributed by atoms with Gasteiger partial charge in [-0.3, -0.25) is 19.1 Å². The predicted molar refractivity (Wildman–Crippen MR) is 233 cm³/mol. The van der Waals surface area contributed by atoms with Gasteiger partial charge in [0.15, 0.2) is 0 Å². The number of aromatic nitrogens is 2. The highest BCUT2D eigenvalue weighted by Crippen LogP contribution is 2.49. The number of hydrogen-bond donors (Lipinski definition) is 3. The van der Waals surface area contributed by atoms with Crippen molar-refractivity contribution in [1.82, 2.24) is 24.9 Å². The quantitative estimate of drug-likeness (QED) is 0.150. The topological polar surface area (TPSA) is 169 Å². The Hall–Kier alpha value is -4.76. The van der Waals surface area contributed by atoms with E-state index < -0.39 is 50.8 Å². The summed E-state index contributed by atoms with van der Waals surface area (Å²) in [6, 6.07) is 13.7. The summed E-state index contributed by atoms with van der Waals surface area (Å²) in [5.74, 6) is -0.113. The minimum absolute atomic E-state index is 0.0941. The van der Waals surface area contributed by atoms with Gasteiger partial charge >= 0.3 is 0 Å². The average molecular weight is 857 g/mol. The summed E-state index contributed by atoms with van der Waals surface area (Å²) >= 11 is 1.51.